The Kier molecular flexibility index (Phi) is 13.8. The summed E-state index contributed by atoms with van der Waals surface area (Å²) in [6.07, 6.45) is 6.03. The summed E-state index contributed by atoms with van der Waals surface area (Å²) in [5, 5.41) is 0. The minimum absolute atomic E-state index is 0.0327. The predicted octanol–water partition coefficient (Wildman–Crippen LogP) is 14.9. The lowest BCUT2D eigenvalue weighted by Gasteiger charge is -2.45. The zero-order chi connectivity index (χ0) is 56.2. The van der Waals surface area contributed by atoms with Gasteiger partial charge in [0.25, 0.3) is 6.71 Å². The van der Waals surface area contributed by atoms with Crippen molar-refractivity contribution in [3.63, 3.8) is 0 Å². The van der Waals surface area contributed by atoms with Crippen molar-refractivity contribution in [3.8, 4) is 0 Å². The van der Waals surface area contributed by atoms with E-state index < -0.39 is 36.6 Å². The molecule has 4 heterocycles. The van der Waals surface area contributed by atoms with E-state index in [0.717, 1.165) is 51.5 Å². The van der Waals surface area contributed by atoms with Gasteiger partial charge in [-0.1, -0.05) is 134 Å². The van der Waals surface area contributed by atoms with Crippen LogP contribution in [0.1, 0.15) is 152 Å². The van der Waals surface area contributed by atoms with Crippen LogP contribution in [0.2, 0.25) is 0 Å². The van der Waals surface area contributed by atoms with Gasteiger partial charge in [0, 0.05) is 51.2 Å². The van der Waals surface area contributed by atoms with Gasteiger partial charge in [-0.25, -0.2) is 0 Å². The van der Waals surface area contributed by atoms with Crippen molar-refractivity contribution >= 4 is 99.5 Å². The highest BCUT2D eigenvalue weighted by Crippen LogP contribution is 2.48. The zero-order valence-electron chi connectivity index (χ0n) is 50.1. The highest BCUT2D eigenvalue weighted by atomic mass is 16.7. The van der Waals surface area contributed by atoms with E-state index in [1.807, 2.05) is 0 Å². The van der Waals surface area contributed by atoms with Gasteiger partial charge in [0.2, 0.25) is 0 Å². The van der Waals surface area contributed by atoms with Crippen molar-refractivity contribution in [3.05, 3.63) is 168 Å². The summed E-state index contributed by atoms with van der Waals surface area (Å²) >= 11 is 0. The molecule has 0 unspecified atom stereocenters. The molecule has 10 heteroatoms. The fourth-order valence-corrected chi connectivity index (χ4v) is 12.0. The van der Waals surface area contributed by atoms with Crippen LogP contribution >= 0.6 is 0 Å². The largest absolute Gasteiger partial charge is 0.494 e. The van der Waals surface area contributed by atoms with Gasteiger partial charge in [-0.2, -0.15) is 0 Å². The number of nitrogens with zero attached hydrogens (tertiary/aromatic N) is 3. The molecule has 4 aliphatic heterocycles. The average Bonchev–Trinajstić information content (AvgIpc) is 3.90. The molecule has 0 amide bonds. The van der Waals surface area contributed by atoms with Crippen LogP contribution in [0.4, 0.5) is 51.2 Å². The van der Waals surface area contributed by atoms with E-state index in [9.17, 15) is 0 Å². The summed E-state index contributed by atoms with van der Waals surface area (Å²) in [6.45, 7) is 35.3. The van der Waals surface area contributed by atoms with Crippen LogP contribution in [0.3, 0.4) is 0 Å². The van der Waals surface area contributed by atoms with E-state index in [-0.39, 0.29) is 17.5 Å². The normalized spacial score (nSPS) is 17.7. The maximum Gasteiger partial charge on any atom is 0.494 e. The van der Waals surface area contributed by atoms with Crippen LogP contribution in [0.15, 0.2) is 146 Å². The molecule has 0 aliphatic carbocycles. The van der Waals surface area contributed by atoms with Crippen LogP contribution in [-0.2, 0) is 35.9 Å². The molecule has 7 nitrogen and oxygen atoms in total. The Morgan fingerprint density at radius 1 is 0.456 bits per heavy atom. The lowest BCUT2D eigenvalue weighted by Crippen LogP contribution is -2.61. The topological polar surface area (TPSA) is 46.6 Å². The van der Waals surface area contributed by atoms with E-state index in [1.54, 1.807) is 0 Å². The van der Waals surface area contributed by atoms with E-state index in [0.29, 0.717) is 0 Å². The molecule has 4 aliphatic rings. The lowest BCUT2D eigenvalue weighted by molar-refractivity contribution is 0.00578. The average molecular weight is 1050 g/mol. The molecular formula is C69H82B3N3O4. The Labute approximate surface area is 474 Å². The SMILES string of the molecule is CCCCCCc1ccc(N2c3cc(N(c4ccc(B5OC(C)(C)C(C)(C)O5)cc4)c4cccc(B5OC(C)(C)C(C)(C)O5)c4)ccc3B3c4cc(C(C)(C)C)ccc4N(c4ccc(C(C)(C)C)cc4)c4cc(C)cc2c43)cc1. The predicted molar refractivity (Wildman–Crippen MR) is 337 cm³/mol. The van der Waals surface area contributed by atoms with Gasteiger partial charge in [-0.15, -0.1) is 0 Å². The second kappa shape index (κ2) is 19.9. The Balaban J connectivity index is 1.12. The number of hydrogen-bond acceptors (Lipinski definition) is 7. The van der Waals surface area contributed by atoms with Crippen molar-refractivity contribution in [2.24, 2.45) is 0 Å². The first kappa shape index (κ1) is 54.9. The van der Waals surface area contributed by atoms with Gasteiger partial charge in [-0.3, -0.25) is 0 Å². The van der Waals surface area contributed by atoms with Gasteiger partial charge in [-0.05, 0) is 214 Å². The van der Waals surface area contributed by atoms with Crippen molar-refractivity contribution < 1.29 is 18.6 Å². The molecule has 0 saturated carbocycles. The molecule has 79 heavy (non-hydrogen) atoms. The van der Waals surface area contributed by atoms with E-state index in [4.69, 9.17) is 18.6 Å². The molecule has 11 rings (SSSR count). The van der Waals surface area contributed by atoms with Crippen molar-refractivity contribution in [1.82, 2.24) is 0 Å². The Morgan fingerprint density at radius 2 is 0.975 bits per heavy atom. The number of unbranched alkanes of at least 4 members (excludes halogenated alkanes) is 3. The zero-order valence-corrected chi connectivity index (χ0v) is 50.1. The second-order valence-corrected chi connectivity index (χ2v) is 27.1. The van der Waals surface area contributed by atoms with Crippen molar-refractivity contribution in [2.45, 2.75) is 176 Å². The summed E-state index contributed by atoms with van der Waals surface area (Å²) in [7, 11) is -1.01. The maximum atomic E-state index is 6.70. The molecule has 0 spiro atoms. The summed E-state index contributed by atoms with van der Waals surface area (Å²) in [5.74, 6) is 0. The fraction of sp³-hybridized carbons (Fsp3) is 0.391. The minimum atomic E-state index is -0.527. The second-order valence-electron chi connectivity index (χ2n) is 27.1. The summed E-state index contributed by atoms with van der Waals surface area (Å²) < 4.78 is 26.5. The van der Waals surface area contributed by atoms with Gasteiger partial charge in [0.1, 0.15) is 0 Å². The van der Waals surface area contributed by atoms with Crippen LogP contribution in [0.25, 0.3) is 0 Å². The third-order valence-corrected chi connectivity index (χ3v) is 18.2. The number of aryl methyl sites for hydroxylation is 2. The number of rotatable bonds is 12. The molecule has 2 saturated heterocycles. The fourth-order valence-electron chi connectivity index (χ4n) is 12.0. The summed E-state index contributed by atoms with van der Waals surface area (Å²) in [5.41, 5.74) is 19.2. The standard InChI is InChI=1S/C69H82B3N3O4/c1-17-18-19-20-22-47-25-32-53(33-26-47)75-60-45-56(73(52-36-30-50(31-37-52)71-76-66(9,10)67(11,12)77-71)55-24-21-23-51(44-55)72-78-68(13,14)69(15,16)79-72)38-39-57(60)70-58-43-49(65(6,7)8)29-40-59(58)74(61-41-46(2)42-62(75)63(61)70)54-34-27-48(28-35-54)64(3,4)5/h21,23-45H,17-20,22H2,1-16H3. The first-order chi connectivity index (χ1) is 37.2. The minimum Gasteiger partial charge on any atom is -0.399 e. The van der Waals surface area contributed by atoms with Gasteiger partial charge in [0.05, 0.1) is 22.4 Å². The number of benzene rings is 7. The highest BCUT2D eigenvalue weighted by molar-refractivity contribution is 7.00. The van der Waals surface area contributed by atoms with Gasteiger partial charge >= 0.3 is 14.2 Å². The van der Waals surface area contributed by atoms with E-state index >= 15 is 0 Å². The van der Waals surface area contributed by atoms with E-state index in [2.05, 4.69) is 271 Å². The smallest absolute Gasteiger partial charge is 0.399 e. The Morgan fingerprint density at radius 3 is 1.54 bits per heavy atom. The Hall–Kier alpha value is -6.03. The number of fused-ring (bicyclic) bond motifs is 4. The third-order valence-electron chi connectivity index (χ3n) is 18.2. The molecule has 0 bridgehead atoms. The monoisotopic (exact) mass is 1050 g/mol. The van der Waals surface area contributed by atoms with Gasteiger partial charge in [0.15, 0.2) is 0 Å². The lowest BCUT2D eigenvalue weighted by atomic mass is 9.33. The first-order valence-electron chi connectivity index (χ1n) is 29.2. The van der Waals surface area contributed by atoms with Gasteiger partial charge < -0.3 is 33.3 Å². The van der Waals surface area contributed by atoms with Crippen LogP contribution in [0.5, 0.6) is 0 Å². The molecule has 7 aromatic carbocycles. The van der Waals surface area contributed by atoms with Crippen LogP contribution in [-0.4, -0.2) is 43.4 Å². The highest BCUT2D eigenvalue weighted by Gasteiger charge is 2.53. The maximum absolute atomic E-state index is 6.70. The molecule has 7 aromatic rings. The molecular weight excluding hydrogens is 967 g/mol. The first-order valence-corrected chi connectivity index (χ1v) is 29.2. The molecule has 0 aromatic heterocycles. The molecule has 0 atom stereocenters. The summed E-state index contributed by atoms with van der Waals surface area (Å²) in [6, 6.07) is 55.5. The van der Waals surface area contributed by atoms with Crippen LogP contribution in [0, 0.1) is 6.92 Å². The summed E-state index contributed by atoms with van der Waals surface area (Å²) in [4.78, 5) is 7.48. The molecule has 406 valence electrons. The van der Waals surface area contributed by atoms with Crippen molar-refractivity contribution in [2.75, 3.05) is 14.7 Å². The van der Waals surface area contributed by atoms with Crippen molar-refractivity contribution in [1.29, 1.82) is 0 Å². The third kappa shape index (κ3) is 9.97. The van der Waals surface area contributed by atoms with Crippen LogP contribution < -0.4 is 42.0 Å². The molecule has 0 radical (unpaired) electrons. The van der Waals surface area contributed by atoms with E-state index in [1.165, 1.54) is 81.4 Å². The number of hydrogen-bond donors (Lipinski definition) is 0. The number of anilines is 9. The molecule has 0 N–H and O–H groups in total. The molecule has 2 fully saturated rings. The quantitative estimate of drug-likeness (QED) is 0.0892. The Bertz CT molecular complexity index is 3380.